The molecule has 1 rings (SSSR count). The number of carboxylic acid groups (broad SMARTS) is 1. The fourth-order valence-electron chi connectivity index (χ4n) is 1.39. The highest BCUT2D eigenvalue weighted by atomic mass is 32.1. The highest BCUT2D eigenvalue weighted by Gasteiger charge is 2.06. The van der Waals surface area contributed by atoms with Crippen LogP contribution >= 0.6 is 11.3 Å². The molecule has 0 fully saturated rings. The lowest BCUT2D eigenvalue weighted by molar-refractivity contribution is -0.131. The number of hydrogen-bond donors (Lipinski definition) is 2. The molecule has 1 aromatic rings. The fraction of sp³-hybridized carbons (Fsp3) is 0.385. The maximum absolute atomic E-state index is 11.7. The fourth-order valence-corrected chi connectivity index (χ4v) is 2.17. The van der Waals surface area contributed by atoms with Crippen LogP contribution in [0, 0.1) is 0 Å². The molecule has 98 valence electrons. The summed E-state index contributed by atoms with van der Waals surface area (Å²) < 4.78 is 0. The first kappa shape index (κ1) is 14.4. The van der Waals surface area contributed by atoms with E-state index in [1.807, 2.05) is 0 Å². The van der Waals surface area contributed by atoms with Crippen LogP contribution in [-0.2, 0) is 4.79 Å². The van der Waals surface area contributed by atoms with E-state index in [4.69, 9.17) is 5.11 Å². The van der Waals surface area contributed by atoms with Crippen LogP contribution in [0.4, 0.5) is 0 Å². The van der Waals surface area contributed by atoms with E-state index in [9.17, 15) is 9.59 Å². The number of aliphatic carboxylic acids is 1. The van der Waals surface area contributed by atoms with E-state index in [0.29, 0.717) is 12.1 Å². The molecule has 2 N–H and O–H groups in total. The Kier molecular flexibility index (Phi) is 6.14. The van der Waals surface area contributed by atoms with E-state index in [-0.39, 0.29) is 5.91 Å². The summed E-state index contributed by atoms with van der Waals surface area (Å²) >= 11 is 1.35. The second-order valence-electron chi connectivity index (χ2n) is 3.87. The van der Waals surface area contributed by atoms with Crippen LogP contribution in [0.15, 0.2) is 17.5 Å². The second kappa shape index (κ2) is 7.66. The summed E-state index contributed by atoms with van der Waals surface area (Å²) in [5.74, 6) is -1.09. The SMILES string of the molecule is CCCCCNC(=O)c1csc(C=CC(=O)O)c1. The topological polar surface area (TPSA) is 66.4 Å². The number of carbonyl (C=O) groups excluding carboxylic acids is 1. The standard InChI is InChI=1S/C13H17NO3S/c1-2-3-4-7-14-13(17)10-8-11(18-9-10)5-6-12(15)16/h5-6,8-9H,2-4,7H2,1H3,(H,14,17)(H,15,16). The van der Waals surface area contributed by atoms with Gasteiger partial charge in [0.05, 0.1) is 5.56 Å². The van der Waals surface area contributed by atoms with Crippen LogP contribution in [-0.4, -0.2) is 23.5 Å². The summed E-state index contributed by atoms with van der Waals surface area (Å²) in [6.45, 7) is 2.80. The van der Waals surface area contributed by atoms with Gasteiger partial charge in [-0.15, -0.1) is 11.3 Å². The first-order chi connectivity index (χ1) is 8.63. The summed E-state index contributed by atoms with van der Waals surface area (Å²) in [5, 5.41) is 13.1. The van der Waals surface area contributed by atoms with E-state index in [2.05, 4.69) is 12.2 Å². The molecule has 0 saturated carbocycles. The molecule has 0 radical (unpaired) electrons. The Morgan fingerprint density at radius 1 is 1.44 bits per heavy atom. The van der Waals surface area contributed by atoms with Crippen molar-refractivity contribution >= 4 is 29.3 Å². The van der Waals surface area contributed by atoms with Gasteiger partial charge in [-0.1, -0.05) is 19.8 Å². The summed E-state index contributed by atoms with van der Waals surface area (Å²) in [4.78, 5) is 22.8. The van der Waals surface area contributed by atoms with Crippen molar-refractivity contribution in [3.63, 3.8) is 0 Å². The van der Waals surface area contributed by atoms with Gasteiger partial charge in [0, 0.05) is 22.9 Å². The van der Waals surface area contributed by atoms with Gasteiger partial charge < -0.3 is 10.4 Å². The average molecular weight is 267 g/mol. The predicted octanol–water partition coefficient (Wildman–Crippen LogP) is 2.77. The molecule has 18 heavy (non-hydrogen) atoms. The lowest BCUT2D eigenvalue weighted by Crippen LogP contribution is -2.23. The van der Waals surface area contributed by atoms with Gasteiger partial charge in [-0.2, -0.15) is 0 Å². The van der Waals surface area contributed by atoms with Crippen molar-refractivity contribution in [2.45, 2.75) is 26.2 Å². The second-order valence-corrected chi connectivity index (χ2v) is 4.82. The Bertz CT molecular complexity index is 437. The number of rotatable bonds is 7. The molecular formula is C13H17NO3S. The Hall–Kier alpha value is -1.62. The first-order valence-electron chi connectivity index (χ1n) is 5.91. The lowest BCUT2D eigenvalue weighted by atomic mass is 10.2. The number of carboxylic acids is 1. The number of unbranched alkanes of at least 4 members (excludes halogenated alkanes) is 2. The zero-order chi connectivity index (χ0) is 13.4. The van der Waals surface area contributed by atoms with E-state index in [1.165, 1.54) is 17.4 Å². The average Bonchev–Trinajstić information content (AvgIpc) is 2.80. The Labute approximate surface area is 110 Å². The largest absolute Gasteiger partial charge is 0.478 e. The van der Waals surface area contributed by atoms with Crippen LogP contribution < -0.4 is 5.32 Å². The van der Waals surface area contributed by atoms with Gasteiger partial charge in [0.1, 0.15) is 0 Å². The molecule has 0 aliphatic carbocycles. The first-order valence-corrected chi connectivity index (χ1v) is 6.79. The maximum Gasteiger partial charge on any atom is 0.328 e. The molecule has 0 unspecified atom stereocenters. The molecule has 1 heterocycles. The third-order valence-electron chi connectivity index (χ3n) is 2.34. The van der Waals surface area contributed by atoms with Crippen molar-refractivity contribution in [1.82, 2.24) is 5.32 Å². The molecule has 1 amide bonds. The molecule has 0 aliphatic heterocycles. The van der Waals surface area contributed by atoms with Gasteiger partial charge in [-0.05, 0) is 18.6 Å². The van der Waals surface area contributed by atoms with Crippen LogP contribution in [0.25, 0.3) is 6.08 Å². The maximum atomic E-state index is 11.7. The quantitative estimate of drug-likeness (QED) is 0.589. The van der Waals surface area contributed by atoms with E-state index in [0.717, 1.165) is 30.2 Å². The van der Waals surface area contributed by atoms with Gasteiger partial charge >= 0.3 is 5.97 Å². The molecule has 0 aliphatic rings. The number of nitrogens with one attached hydrogen (secondary N) is 1. The van der Waals surface area contributed by atoms with Crippen LogP contribution in [0.5, 0.6) is 0 Å². The lowest BCUT2D eigenvalue weighted by Gasteiger charge is -2.02. The Morgan fingerprint density at radius 3 is 2.89 bits per heavy atom. The van der Waals surface area contributed by atoms with Crippen LogP contribution in [0.2, 0.25) is 0 Å². The monoisotopic (exact) mass is 267 g/mol. The van der Waals surface area contributed by atoms with Gasteiger partial charge in [0.25, 0.3) is 5.91 Å². The molecule has 0 bridgehead atoms. The van der Waals surface area contributed by atoms with Gasteiger partial charge in [0.2, 0.25) is 0 Å². The van der Waals surface area contributed by atoms with Crippen molar-refractivity contribution in [3.8, 4) is 0 Å². The van der Waals surface area contributed by atoms with Gasteiger partial charge in [-0.25, -0.2) is 4.79 Å². The number of amides is 1. The zero-order valence-electron chi connectivity index (χ0n) is 10.3. The van der Waals surface area contributed by atoms with Crippen molar-refractivity contribution in [2.75, 3.05) is 6.54 Å². The third-order valence-corrected chi connectivity index (χ3v) is 3.24. The number of thiophene rings is 1. The zero-order valence-corrected chi connectivity index (χ0v) is 11.1. The Morgan fingerprint density at radius 2 is 2.22 bits per heavy atom. The molecule has 0 aromatic carbocycles. The van der Waals surface area contributed by atoms with Crippen molar-refractivity contribution in [1.29, 1.82) is 0 Å². The summed E-state index contributed by atoms with van der Waals surface area (Å²) in [6.07, 6.45) is 5.77. The number of hydrogen-bond acceptors (Lipinski definition) is 3. The highest BCUT2D eigenvalue weighted by Crippen LogP contribution is 2.16. The van der Waals surface area contributed by atoms with Gasteiger partial charge in [0.15, 0.2) is 0 Å². The van der Waals surface area contributed by atoms with Crippen molar-refractivity contribution in [3.05, 3.63) is 28.0 Å². The van der Waals surface area contributed by atoms with Crippen molar-refractivity contribution in [2.24, 2.45) is 0 Å². The highest BCUT2D eigenvalue weighted by molar-refractivity contribution is 7.11. The molecule has 0 saturated heterocycles. The normalized spacial score (nSPS) is 10.7. The summed E-state index contributed by atoms with van der Waals surface area (Å²) in [5.41, 5.74) is 0.585. The van der Waals surface area contributed by atoms with Crippen molar-refractivity contribution < 1.29 is 14.7 Å². The van der Waals surface area contributed by atoms with E-state index in [1.54, 1.807) is 11.4 Å². The minimum absolute atomic E-state index is 0.0997. The molecule has 0 atom stereocenters. The van der Waals surface area contributed by atoms with Crippen LogP contribution in [0.1, 0.15) is 41.4 Å². The molecule has 1 aromatic heterocycles. The summed E-state index contributed by atoms with van der Waals surface area (Å²) in [7, 11) is 0. The third kappa shape index (κ3) is 5.14. The van der Waals surface area contributed by atoms with E-state index >= 15 is 0 Å². The van der Waals surface area contributed by atoms with Crippen LogP contribution in [0.3, 0.4) is 0 Å². The molecule has 0 spiro atoms. The molecule has 4 nitrogen and oxygen atoms in total. The Balaban J connectivity index is 2.46. The number of carbonyl (C=O) groups is 2. The van der Waals surface area contributed by atoms with E-state index < -0.39 is 5.97 Å². The minimum atomic E-state index is -0.992. The molecular weight excluding hydrogens is 250 g/mol. The van der Waals surface area contributed by atoms with Gasteiger partial charge in [-0.3, -0.25) is 4.79 Å². The smallest absolute Gasteiger partial charge is 0.328 e. The molecule has 5 heteroatoms. The predicted molar refractivity (Wildman–Crippen MR) is 72.8 cm³/mol. The minimum Gasteiger partial charge on any atom is -0.478 e. The summed E-state index contributed by atoms with van der Waals surface area (Å²) in [6, 6.07) is 1.69.